The van der Waals surface area contributed by atoms with E-state index in [9.17, 15) is 23.3 Å². The van der Waals surface area contributed by atoms with Crippen LogP contribution in [-0.4, -0.2) is 16.3 Å². The lowest BCUT2D eigenvalue weighted by atomic mass is 10.2. The molecule has 1 rings (SSSR count). The van der Waals surface area contributed by atoms with Crippen LogP contribution < -0.4 is 4.74 Å². The summed E-state index contributed by atoms with van der Waals surface area (Å²) >= 11 is 5.39. The number of rotatable bonds is 3. The van der Waals surface area contributed by atoms with Gasteiger partial charge in [0, 0.05) is 6.92 Å². The van der Waals surface area contributed by atoms with Gasteiger partial charge in [0.1, 0.15) is 0 Å². The van der Waals surface area contributed by atoms with E-state index < -0.39 is 22.9 Å². The Bertz CT molecular complexity index is 450. The van der Waals surface area contributed by atoms with Gasteiger partial charge in [-0.15, -0.1) is 24.8 Å². The summed E-state index contributed by atoms with van der Waals surface area (Å²) in [6, 6.07) is 0.862. The van der Waals surface area contributed by atoms with Gasteiger partial charge in [-0.3, -0.25) is 0 Å². The van der Waals surface area contributed by atoms with E-state index in [1.807, 2.05) is 0 Å². The lowest BCUT2D eigenvalue weighted by Crippen LogP contribution is -2.18. The van der Waals surface area contributed by atoms with Crippen LogP contribution in [0.3, 0.4) is 0 Å². The number of nitrogens with zero attached hydrogens (tertiary/aromatic N) is 2. The first-order valence-electron chi connectivity index (χ1n) is 4.21. The molecule has 0 aliphatic rings. The molecule has 0 fully saturated rings. The van der Waals surface area contributed by atoms with Gasteiger partial charge in [-0.25, -0.2) is 0 Å². The molecule has 1 heterocycles. The molecule has 0 N–H and O–H groups in total. The van der Waals surface area contributed by atoms with Gasteiger partial charge in [-0.05, 0) is 16.0 Å². The maximum absolute atomic E-state index is 12.0. The van der Waals surface area contributed by atoms with Crippen molar-refractivity contribution in [1.82, 2.24) is 4.98 Å². The number of aromatic nitrogens is 1. The number of alkyl halides is 4. The SMILES string of the molecule is Cc1nc([N+](=O)[O-])c(CCl)cc1OC(F)(F)F. The van der Waals surface area contributed by atoms with Gasteiger partial charge in [-0.1, -0.05) is 0 Å². The summed E-state index contributed by atoms with van der Waals surface area (Å²) in [5.41, 5.74) is -0.371. The third-order valence-electron chi connectivity index (χ3n) is 1.77. The van der Waals surface area contributed by atoms with E-state index in [0.717, 1.165) is 6.07 Å². The molecule has 0 atom stereocenters. The van der Waals surface area contributed by atoms with E-state index in [1.165, 1.54) is 6.92 Å². The monoisotopic (exact) mass is 270 g/mol. The van der Waals surface area contributed by atoms with E-state index in [1.54, 1.807) is 0 Å². The number of hydrogen-bond donors (Lipinski definition) is 0. The normalized spacial score (nSPS) is 11.4. The molecule has 1 aromatic rings. The highest BCUT2D eigenvalue weighted by Crippen LogP contribution is 2.30. The van der Waals surface area contributed by atoms with Crippen LogP contribution >= 0.6 is 11.6 Å². The van der Waals surface area contributed by atoms with Gasteiger partial charge >= 0.3 is 12.2 Å². The van der Waals surface area contributed by atoms with Gasteiger partial charge in [0.2, 0.25) is 0 Å². The van der Waals surface area contributed by atoms with Gasteiger partial charge in [0.05, 0.1) is 11.4 Å². The zero-order valence-electron chi connectivity index (χ0n) is 8.42. The quantitative estimate of drug-likeness (QED) is 0.481. The first kappa shape index (κ1) is 13.5. The van der Waals surface area contributed by atoms with Crippen molar-refractivity contribution in [1.29, 1.82) is 0 Å². The van der Waals surface area contributed by atoms with Gasteiger partial charge in [0.25, 0.3) is 0 Å². The first-order chi connectivity index (χ1) is 7.74. The molecule has 0 spiro atoms. The largest absolute Gasteiger partial charge is 0.573 e. The molecule has 0 aromatic carbocycles. The molecular weight excluding hydrogens is 265 g/mol. The number of ether oxygens (including phenoxy) is 1. The lowest BCUT2D eigenvalue weighted by molar-refractivity contribution is -0.390. The number of pyridine rings is 1. The Morgan fingerprint density at radius 2 is 2.18 bits per heavy atom. The molecular formula is C8H6ClF3N2O3. The van der Waals surface area contributed by atoms with Crippen LogP contribution in [0.2, 0.25) is 0 Å². The van der Waals surface area contributed by atoms with Gasteiger partial charge in [0.15, 0.2) is 11.4 Å². The molecule has 0 bridgehead atoms. The first-order valence-corrected chi connectivity index (χ1v) is 4.74. The summed E-state index contributed by atoms with van der Waals surface area (Å²) in [6.07, 6.45) is -4.88. The smallest absolute Gasteiger partial charge is 0.401 e. The van der Waals surface area contributed by atoms with Crippen molar-refractivity contribution in [3.63, 3.8) is 0 Å². The number of nitro groups is 1. The fraction of sp³-hybridized carbons (Fsp3) is 0.375. The molecule has 0 saturated heterocycles. The van der Waals surface area contributed by atoms with Crippen LogP contribution in [-0.2, 0) is 5.88 Å². The number of hydrogen-bond acceptors (Lipinski definition) is 4. The Kier molecular flexibility index (Phi) is 3.76. The van der Waals surface area contributed by atoms with Crippen molar-refractivity contribution in [3.05, 3.63) is 27.4 Å². The molecule has 17 heavy (non-hydrogen) atoms. The molecule has 0 aliphatic carbocycles. The number of aryl methyl sites for hydroxylation is 1. The summed E-state index contributed by atoms with van der Waals surface area (Å²) in [6.45, 7) is 1.17. The molecule has 9 heteroatoms. The molecule has 0 unspecified atom stereocenters. The van der Waals surface area contributed by atoms with E-state index in [-0.39, 0.29) is 17.1 Å². The molecule has 0 amide bonds. The van der Waals surface area contributed by atoms with Crippen LogP contribution in [0.5, 0.6) is 5.75 Å². The highest BCUT2D eigenvalue weighted by molar-refractivity contribution is 6.17. The van der Waals surface area contributed by atoms with E-state index >= 15 is 0 Å². The fourth-order valence-electron chi connectivity index (χ4n) is 1.10. The van der Waals surface area contributed by atoms with E-state index in [0.29, 0.717) is 0 Å². The minimum Gasteiger partial charge on any atom is -0.401 e. The molecule has 94 valence electrons. The van der Waals surface area contributed by atoms with Crippen molar-refractivity contribution < 1.29 is 22.8 Å². The number of halogens is 4. The maximum Gasteiger partial charge on any atom is 0.573 e. The Morgan fingerprint density at radius 3 is 2.59 bits per heavy atom. The summed E-state index contributed by atoms with van der Waals surface area (Å²) in [5, 5.41) is 10.6. The predicted molar refractivity (Wildman–Crippen MR) is 51.9 cm³/mol. The molecule has 0 radical (unpaired) electrons. The molecule has 1 aromatic heterocycles. The topological polar surface area (TPSA) is 65.3 Å². The Labute approximate surface area is 98.3 Å². The second-order valence-corrected chi connectivity index (χ2v) is 3.26. The fourth-order valence-corrected chi connectivity index (χ4v) is 1.29. The third-order valence-corrected chi connectivity index (χ3v) is 2.05. The van der Waals surface area contributed by atoms with Crippen molar-refractivity contribution in [2.24, 2.45) is 0 Å². The standard InChI is InChI=1S/C8H6ClF3N2O3/c1-4-6(17-8(10,11)12)2-5(3-9)7(13-4)14(15)16/h2H,3H2,1H3. The van der Waals surface area contributed by atoms with Crippen molar-refractivity contribution >= 4 is 17.4 Å². The molecule has 5 nitrogen and oxygen atoms in total. The summed E-state index contributed by atoms with van der Waals surface area (Å²) in [4.78, 5) is 13.2. The van der Waals surface area contributed by atoms with Crippen LogP contribution in [0, 0.1) is 17.0 Å². The average Bonchev–Trinajstić information content (AvgIpc) is 2.18. The van der Waals surface area contributed by atoms with Crippen LogP contribution in [0.1, 0.15) is 11.3 Å². The van der Waals surface area contributed by atoms with Gasteiger partial charge < -0.3 is 14.9 Å². The molecule has 0 saturated carbocycles. The van der Waals surface area contributed by atoms with Crippen molar-refractivity contribution in [2.45, 2.75) is 19.2 Å². The second-order valence-electron chi connectivity index (χ2n) is 2.99. The highest BCUT2D eigenvalue weighted by atomic mass is 35.5. The summed E-state index contributed by atoms with van der Waals surface area (Å²) in [5.74, 6) is -1.51. The molecule has 0 aliphatic heterocycles. The summed E-state index contributed by atoms with van der Waals surface area (Å²) in [7, 11) is 0. The minimum absolute atomic E-state index is 0.137. The Balaban J connectivity index is 3.23. The Hall–Kier alpha value is -1.57. The second kappa shape index (κ2) is 4.74. The average molecular weight is 271 g/mol. The van der Waals surface area contributed by atoms with Crippen LogP contribution in [0.4, 0.5) is 19.0 Å². The lowest BCUT2D eigenvalue weighted by Gasteiger charge is -2.10. The minimum atomic E-state index is -4.88. The zero-order valence-corrected chi connectivity index (χ0v) is 9.17. The predicted octanol–water partition coefficient (Wildman–Crippen LogP) is 2.94. The van der Waals surface area contributed by atoms with Crippen LogP contribution in [0.25, 0.3) is 0 Å². The third kappa shape index (κ3) is 3.45. The highest BCUT2D eigenvalue weighted by Gasteiger charge is 2.33. The van der Waals surface area contributed by atoms with Crippen molar-refractivity contribution in [3.8, 4) is 5.75 Å². The summed E-state index contributed by atoms with van der Waals surface area (Å²) < 4.78 is 39.7. The van der Waals surface area contributed by atoms with Gasteiger partial charge in [-0.2, -0.15) is 0 Å². The maximum atomic E-state index is 12.0. The van der Waals surface area contributed by atoms with Crippen LogP contribution in [0.15, 0.2) is 6.07 Å². The van der Waals surface area contributed by atoms with E-state index in [4.69, 9.17) is 11.6 Å². The Morgan fingerprint density at radius 1 is 1.59 bits per heavy atom. The van der Waals surface area contributed by atoms with E-state index in [2.05, 4.69) is 9.72 Å². The van der Waals surface area contributed by atoms with Crippen molar-refractivity contribution in [2.75, 3.05) is 0 Å². The zero-order chi connectivity index (χ0) is 13.2.